The minimum Gasteiger partial charge on any atom is -0.493 e. The highest BCUT2D eigenvalue weighted by Gasteiger charge is 2.43. The Kier molecular flexibility index (Phi) is 7.10. The lowest BCUT2D eigenvalue weighted by Crippen LogP contribution is -2.53. The standard InChI is InChI=1S/C27H32N2O7/c1-16-10-19-20(30)14-27(36-21(19)11-17(16)2)6-8-29(9-7-27)24(31)15-28-26(32)18-12-22(33-3)25(35-5)23(13-18)34-4/h10-13H,6-9,14-15H2,1-5H3,(H,28,32). The van der Waals surface area contributed by atoms with Gasteiger partial charge in [0.25, 0.3) is 5.91 Å². The van der Waals surface area contributed by atoms with Gasteiger partial charge in [-0.3, -0.25) is 14.4 Å². The van der Waals surface area contributed by atoms with Crippen LogP contribution in [0, 0.1) is 13.8 Å². The zero-order chi connectivity index (χ0) is 26.0. The van der Waals surface area contributed by atoms with E-state index in [1.54, 1.807) is 4.90 Å². The molecule has 1 N–H and O–H groups in total. The van der Waals surface area contributed by atoms with Gasteiger partial charge in [-0.25, -0.2) is 0 Å². The molecule has 1 spiro atoms. The number of Topliss-reactive ketones (excluding diaryl/α,β-unsaturated/α-hetero) is 1. The van der Waals surface area contributed by atoms with E-state index in [9.17, 15) is 14.4 Å². The number of ketones is 1. The number of nitrogens with one attached hydrogen (secondary N) is 1. The van der Waals surface area contributed by atoms with E-state index in [1.165, 1.54) is 33.5 Å². The van der Waals surface area contributed by atoms with Gasteiger partial charge in [0, 0.05) is 31.5 Å². The number of carbonyl (C=O) groups is 3. The second-order valence-electron chi connectivity index (χ2n) is 9.30. The van der Waals surface area contributed by atoms with Crippen LogP contribution in [0.15, 0.2) is 24.3 Å². The summed E-state index contributed by atoms with van der Waals surface area (Å²) < 4.78 is 22.2. The van der Waals surface area contributed by atoms with E-state index in [0.717, 1.165) is 11.1 Å². The number of fused-ring (bicyclic) bond motifs is 1. The first kappa shape index (κ1) is 25.3. The Bertz CT molecular complexity index is 1170. The van der Waals surface area contributed by atoms with Crippen molar-refractivity contribution in [3.05, 3.63) is 46.5 Å². The first-order chi connectivity index (χ1) is 17.2. The van der Waals surface area contributed by atoms with E-state index >= 15 is 0 Å². The summed E-state index contributed by atoms with van der Waals surface area (Å²) in [5, 5.41) is 2.67. The summed E-state index contributed by atoms with van der Waals surface area (Å²) in [5.74, 6) is 1.17. The molecule has 2 aliphatic heterocycles. The Hall–Kier alpha value is -3.75. The van der Waals surface area contributed by atoms with Gasteiger partial charge in [-0.15, -0.1) is 0 Å². The maximum absolute atomic E-state index is 12.8. The fourth-order valence-electron chi connectivity index (χ4n) is 4.77. The number of nitrogens with zero attached hydrogens (tertiary/aromatic N) is 1. The molecule has 2 heterocycles. The minimum atomic E-state index is -0.595. The molecule has 0 saturated carbocycles. The number of hydrogen-bond acceptors (Lipinski definition) is 7. The van der Waals surface area contributed by atoms with E-state index < -0.39 is 11.5 Å². The first-order valence-corrected chi connectivity index (χ1v) is 11.9. The SMILES string of the molecule is COc1cc(C(=O)NCC(=O)N2CCC3(CC2)CC(=O)c2cc(C)c(C)cc2O3)cc(OC)c1OC. The van der Waals surface area contributed by atoms with Gasteiger partial charge in [-0.2, -0.15) is 0 Å². The van der Waals surface area contributed by atoms with Crippen molar-refractivity contribution in [3.63, 3.8) is 0 Å². The van der Waals surface area contributed by atoms with Crippen LogP contribution < -0.4 is 24.3 Å². The highest BCUT2D eigenvalue weighted by Crippen LogP contribution is 2.41. The van der Waals surface area contributed by atoms with Crippen molar-refractivity contribution in [1.82, 2.24) is 10.2 Å². The molecule has 0 aromatic heterocycles. The fourth-order valence-corrected chi connectivity index (χ4v) is 4.77. The summed E-state index contributed by atoms with van der Waals surface area (Å²) in [6, 6.07) is 6.89. The van der Waals surface area contributed by atoms with Crippen molar-refractivity contribution in [2.24, 2.45) is 0 Å². The molecular formula is C27H32N2O7. The van der Waals surface area contributed by atoms with Crippen molar-refractivity contribution in [3.8, 4) is 23.0 Å². The molecular weight excluding hydrogens is 464 g/mol. The number of amides is 2. The molecule has 2 aromatic carbocycles. The second kappa shape index (κ2) is 10.1. The Morgan fingerprint density at radius 2 is 1.58 bits per heavy atom. The minimum absolute atomic E-state index is 0.0803. The monoisotopic (exact) mass is 496 g/mol. The number of benzene rings is 2. The summed E-state index contributed by atoms with van der Waals surface area (Å²) in [7, 11) is 4.42. The summed E-state index contributed by atoms with van der Waals surface area (Å²) in [4.78, 5) is 40.1. The van der Waals surface area contributed by atoms with Gasteiger partial charge in [0.2, 0.25) is 11.7 Å². The predicted molar refractivity (Wildman–Crippen MR) is 132 cm³/mol. The quantitative estimate of drug-likeness (QED) is 0.656. The lowest BCUT2D eigenvalue weighted by molar-refractivity contribution is -0.133. The Morgan fingerprint density at radius 1 is 0.972 bits per heavy atom. The molecule has 0 aliphatic carbocycles. The lowest BCUT2D eigenvalue weighted by Gasteiger charge is -2.44. The third kappa shape index (κ3) is 4.82. The Labute approximate surface area is 210 Å². The largest absolute Gasteiger partial charge is 0.493 e. The molecule has 0 bridgehead atoms. The smallest absolute Gasteiger partial charge is 0.251 e. The van der Waals surface area contributed by atoms with Crippen LogP contribution in [-0.4, -0.2) is 69.1 Å². The topological polar surface area (TPSA) is 103 Å². The van der Waals surface area contributed by atoms with E-state index in [1.807, 2.05) is 26.0 Å². The van der Waals surface area contributed by atoms with Crippen LogP contribution in [0.1, 0.15) is 51.1 Å². The molecule has 1 saturated heterocycles. The van der Waals surface area contributed by atoms with Gasteiger partial charge >= 0.3 is 0 Å². The maximum Gasteiger partial charge on any atom is 0.251 e. The molecule has 192 valence electrons. The lowest BCUT2D eigenvalue weighted by atomic mass is 9.82. The van der Waals surface area contributed by atoms with Crippen LogP contribution in [0.2, 0.25) is 0 Å². The first-order valence-electron chi connectivity index (χ1n) is 11.9. The number of methoxy groups -OCH3 is 3. The predicted octanol–water partition coefficient (Wildman–Crippen LogP) is 3.09. The number of ether oxygens (including phenoxy) is 4. The molecule has 2 amide bonds. The fraction of sp³-hybridized carbons (Fsp3) is 0.444. The average molecular weight is 497 g/mol. The summed E-state index contributed by atoms with van der Waals surface area (Å²) in [5.41, 5.74) is 2.47. The van der Waals surface area contributed by atoms with Crippen LogP contribution in [-0.2, 0) is 4.79 Å². The van der Waals surface area contributed by atoms with Crippen molar-refractivity contribution in [1.29, 1.82) is 0 Å². The molecule has 0 radical (unpaired) electrons. The zero-order valence-corrected chi connectivity index (χ0v) is 21.4. The van der Waals surface area contributed by atoms with E-state index in [0.29, 0.717) is 60.9 Å². The number of rotatable bonds is 6. The van der Waals surface area contributed by atoms with E-state index in [4.69, 9.17) is 18.9 Å². The highest BCUT2D eigenvalue weighted by atomic mass is 16.5. The van der Waals surface area contributed by atoms with E-state index in [-0.39, 0.29) is 23.8 Å². The van der Waals surface area contributed by atoms with E-state index in [2.05, 4.69) is 5.32 Å². The van der Waals surface area contributed by atoms with Gasteiger partial charge in [-0.1, -0.05) is 0 Å². The third-order valence-electron chi connectivity index (χ3n) is 7.06. The molecule has 4 rings (SSSR count). The number of piperidine rings is 1. The molecule has 36 heavy (non-hydrogen) atoms. The summed E-state index contributed by atoms with van der Waals surface area (Å²) in [6.07, 6.45) is 1.41. The third-order valence-corrected chi connectivity index (χ3v) is 7.06. The van der Waals surface area contributed by atoms with Crippen LogP contribution in [0.3, 0.4) is 0 Å². The number of aryl methyl sites for hydroxylation is 2. The number of likely N-dealkylation sites (tertiary alicyclic amines) is 1. The van der Waals surface area contributed by atoms with Crippen LogP contribution in [0.5, 0.6) is 23.0 Å². The summed E-state index contributed by atoms with van der Waals surface area (Å²) >= 11 is 0. The Morgan fingerprint density at radius 3 is 2.17 bits per heavy atom. The molecule has 9 heteroatoms. The number of carbonyl (C=O) groups excluding carboxylic acids is 3. The molecule has 9 nitrogen and oxygen atoms in total. The van der Waals surface area contributed by atoms with Gasteiger partial charge in [0.05, 0.1) is 39.9 Å². The molecule has 1 fully saturated rings. The summed E-state index contributed by atoms with van der Waals surface area (Å²) in [6.45, 7) is 4.73. The molecule has 0 unspecified atom stereocenters. The van der Waals surface area contributed by atoms with Gasteiger partial charge < -0.3 is 29.2 Å². The normalized spacial score (nSPS) is 16.1. The van der Waals surface area contributed by atoms with Crippen molar-refractivity contribution < 1.29 is 33.3 Å². The molecule has 0 atom stereocenters. The highest BCUT2D eigenvalue weighted by molar-refractivity contribution is 6.01. The Balaban J connectivity index is 1.36. The number of hydrogen-bond donors (Lipinski definition) is 1. The van der Waals surface area contributed by atoms with Crippen molar-refractivity contribution in [2.45, 2.75) is 38.7 Å². The van der Waals surface area contributed by atoms with Crippen LogP contribution >= 0.6 is 0 Å². The van der Waals surface area contributed by atoms with Gasteiger partial charge in [-0.05, 0) is 49.2 Å². The molecule has 2 aliphatic rings. The van der Waals surface area contributed by atoms with Crippen molar-refractivity contribution >= 4 is 17.6 Å². The zero-order valence-electron chi connectivity index (χ0n) is 21.4. The molecule has 2 aromatic rings. The van der Waals surface area contributed by atoms with Crippen molar-refractivity contribution in [2.75, 3.05) is 41.0 Å². The van der Waals surface area contributed by atoms with Gasteiger partial charge in [0.1, 0.15) is 11.4 Å². The second-order valence-corrected chi connectivity index (χ2v) is 9.30. The maximum atomic E-state index is 12.8. The van der Waals surface area contributed by atoms with Crippen LogP contribution in [0.25, 0.3) is 0 Å². The van der Waals surface area contributed by atoms with Gasteiger partial charge in [0.15, 0.2) is 17.3 Å². The average Bonchev–Trinajstić information content (AvgIpc) is 2.87. The van der Waals surface area contributed by atoms with Crippen LogP contribution in [0.4, 0.5) is 0 Å².